The molecule has 1 heterocycles. The van der Waals surface area contributed by atoms with Gasteiger partial charge >= 0.3 is 0 Å². The summed E-state index contributed by atoms with van der Waals surface area (Å²) in [6.45, 7) is 3.42. The van der Waals surface area contributed by atoms with Crippen LogP contribution >= 0.6 is 40.1 Å². The Labute approximate surface area is 121 Å². The van der Waals surface area contributed by atoms with Crippen LogP contribution in [-0.4, -0.2) is 31.4 Å². The third-order valence-corrected chi connectivity index (χ3v) is 3.28. The number of pyridine rings is 1. The predicted octanol–water partition coefficient (Wildman–Crippen LogP) is 3.23. The Morgan fingerprint density at radius 2 is 1.94 bits per heavy atom. The van der Waals surface area contributed by atoms with Crippen LogP contribution in [0.5, 0.6) is 0 Å². The molecular weight excluding hydrogens is 375 g/mol. The zero-order chi connectivity index (χ0) is 12.3. The normalized spacial score (nSPS) is 11.4. The molecule has 1 rings (SSSR count). The lowest BCUT2D eigenvalue weighted by molar-refractivity contribution is 0.0321. The molecule has 96 valence electrons. The minimum Gasteiger partial charge on any atom is -0.377 e. The largest absolute Gasteiger partial charge is 0.377 e. The van der Waals surface area contributed by atoms with Crippen LogP contribution in [0.2, 0.25) is 5.15 Å². The van der Waals surface area contributed by atoms with Gasteiger partial charge in [-0.05, 0) is 33.7 Å². The van der Waals surface area contributed by atoms with Gasteiger partial charge in [-0.2, -0.15) is 0 Å². The number of nitrogens with zero attached hydrogens (tertiary/aromatic N) is 1. The minimum atomic E-state index is 0.491. The lowest BCUT2D eigenvalue weighted by atomic mass is 10.3. The van der Waals surface area contributed by atoms with Gasteiger partial charge in [0.05, 0.1) is 39.5 Å². The van der Waals surface area contributed by atoms with Gasteiger partial charge in [0.2, 0.25) is 0 Å². The first-order valence-electron chi connectivity index (χ1n) is 5.06. The van der Waals surface area contributed by atoms with Gasteiger partial charge in [-0.3, -0.25) is 0 Å². The number of hydrogen-bond acceptors (Lipinski definition) is 4. The Morgan fingerprint density at radius 1 is 1.18 bits per heavy atom. The second kappa shape index (κ2) is 10.4. The van der Waals surface area contributed by atoms with Gasteiger partial charge in [-0.15, -0.1) is 0 Å². The Balaban J connectivity index is 1.95. The average molecular weight is 390 g/mol. The van der Waals surface area contributed by atoms with Crippen molar-refractivity contribution in [3.05, 3.63) is 29.0 Å². The SMILES string of the molecule is Clc1ccc(COCCOCCOPI)cn1. The van der Waals surface area contributed by atoms with Gasteiger partial charge in [0, 0.05) is 6.20 Å². The molecule has 0 aliphatic rings. The lowest BCUT2D eigenvalue weighted by Gasteiger charge is -2.05. The maximum absolute atomic E-state index is 5.67. The second-order valence-corrected chi connectivity index (χ2v) is 5.23. The van der Waals surface area contributed by atoms with Gasteiger partial charge < -0.3 is 14.0 Å². The number of ether oxygens (including phenoxy) is 2. The van der Waals surface area contributed by atoms with Gasteiger partial charge in [0.25, 0.3) is 0 Å². The summed E-state index contributed by atoms with van der Waals surface area (Å²) in [4.78, 5) is 3.97. The van der Waals surface area contributed by atoms with Crippen molar-refractivity contribution in [2.75, 3.05) is 26.4 Å². The molecule has 1 aromatic heterocycles. The van der Waals surface area contributed by atoms with E-state index in [1.165, 1.54) is 0 Å². The maximum atomic E-state index is 5.67. The Morgan fingerprint density at radius 3 is 2.65 bits per heavy atom. The highest BCUT2D eigenvalue weighted by atomic mass is 127. The summed E-state index contributed by atoms with van der Waals surface area (Å²) in [5.74, 6) is 0. The van der Waals surface area contributed by atoms with Crippen molar-refractivity contribution in [3.8, 4) is 0 Å². The summed E-state index contributed by atoms with van der Waals surface area (Å²) in [7, 11) is 0. The molecular formula is C10H14ClINO3P. The van der Waals surface area contributed by atoms with Crippen LogP contribution in [0.15, 0.2) is 18.3 Å². The Kier molecular flexibility index (Phi) is 9.51. The fourth-order valence-electron chi connectivity index (χ4n) is 1.04. The average Bonchev–Trinajstić information content (AvgIpc) is 2.35. The van der Waals surface area contributed by atoms with E-state index in [4.69, 9.17) is 25.6 Å². The van der Waals surface area contributed by atoms with E-state index in [2.05, 4.69) is 27.0 Å². The van der Waals surface area contributed by atoms with Crippen molar-refractivity contribution in [1.29, 1.82) is 0 Å². The smallest absolute Gasteiger partial charge is 0.129 e. The highest BCUT2D eigenvalue weighted by molar-refractivity contribution is 14.2. The molecule has 1 unspecified atom stereocenters. The molecule has 0 saturated heterocycles. The number of rotatable bonds is 9. The summed E-state index contributed by atoms with van der Waals surface area (Å²) in [6, 6.07) is 3.64. The molecule has 1 atom stereocenters. The summed E-state index contributed by atoms with van der Waals surface area (Å²) in [5, 5.41) is 0.494. The molecule has 0 aliphatic heterocycles. The highest BCUT2D eigenvalue weighted by Gasteiger charge is 1.95. The minimum absolute atomic E-state index is 0.491. The molecule has 7 heteroatoms. The number of aromatic nitrogens is 1. The maximum Gasteiger partial charge on any atom is 0.129 e. The lowest BCUT2D eigenvalue weighted by Crippen LogP contribution is -2.07. The fourth-order valence-corrected chi connectivity index (χ4v) is 1.97. The van der Waals surface area contributed by atoms with Crippen molar-refractivity contribution in [1.82, 2.24) is 4.98 Å². The van der Waals surface area contributed by atoms with Gasteiger partial charge in [-0.1, -0.05) is 17.7 Å². The van der Waals surface area contributed by atoms with Crippen LogP contribution in [-0.2, 0) is 20.6 Å². The zero-order valence-electron chi connectivity index (χ0n) is 9.20. The quantitative estimate of drug-likeness (QED) is 0.281. The first-order chi connectivity index (χ1) is 8.33. The summed E-state index contributed by atoms with van der Waals surface area (Å²) in [6.07, 6.45) is 1.71. The Bertz CT molecular complexity index is 302. The second-order valence-electron chi connectivity index (χ2n) is 3.08. The molecule has 0 spiro atoms. The molecule has 0 N–H and O–H groups in total. The van der Waals surface area contributed by atoms with Crippen LogP contribution in [0.25, 0.3) is 0 Å². The van der Waals surface area contributed by atoms with E-state index in [0.29, 0.717) is 44.6 Å². The molecule has 0 saturated carbocycles. The molecule has 4 nitrogen and oxygen atoms in total. The van der Waals surface area contributed by atoms with Crippen molar-refractivity contribution in [2.45, 2.75) is 6.61 Å². The third kappa shape index (κ3) is 8.24. The van der Waals surface area contributed by atoms with E-state index in [0.717, 1.165) is 5.56 Å². The first-order valence-corrected chi connectivity index (χ1v) is 9.46. The van der Waals surface area contributed by atoms with E-state index in [1.54, 1.807) is 12.3 Å². The summed E-state index contributed by atoms with van der Waals surface area (Å²) >= 11 is 7.85. The predicted molar refractivity (Wildman–Crippen MR) is 78.0 cm³/mol. The number of halogens is 2. The first kappa shape index (κ1) is 15.5. The van der Waals surface area contributed by atoms with Gasteiger partial charge in [0.15, 0.2) is 0 Å². The van der Waals surface area contributed by atoms with E-state index in [1.807, 2.05) is 6.07 Å². The van der Waals surface area contributed by atoms with E-state index >= 15 is 0 Å². The van der Waals surface area contributed by atoms with Crippen LogP contribution in [0.4, 0.5) is 0 Å². The summed E-state index contributed by atoms with van der Waals surface area (Å²) in [5.41, 5.74) is 1.00. The summed E-state index contributed by atoms with van der Waals surface area (Å²) < 4.78 is 15.9. The molecule has 0 amide bonds. The van der Waals surface area contributed by atoms with Crippen LogP contribution in [0, 0.1) is 0 Å². The van der Waals surface area contributed by atoms with Gasteiger partial charge in [-0.25, -0.2) is 4.98 Å². The number of hydrogen-bond donors (Lipinski definition) is 0. The third-order valence-electron chi connectivity index (χ3n) is 1.81. The van der Waals surface area contributed by atoms with Crippen molar-refractivity contribution in [3.63, 3.8) is 0 Å². The fraction of sp³-hybridized carbons (Fsp3) is 0.500. The van der Waals surface area contributed by atoms with E-state index in [9.17, 15) is 0 Å². The van der Waals surface area contributed by atoms with Crippen molar-refractivity contribution >= 4 is 40.1 Å². The molecule has 0 radical (unpaired) electrons. The molecule has 0 aromatic carbocycles. The molecule has 0 aliphatic carbocycles. The molecule has 1 aromatic rings. The van der Waals surface area contributed by atoms with Crippen molar-refractivity contribution in [2.24, 2.45) is 0 Å². The zero-order valence-corrected chi connectivity index (χ0v) is 13.1. The van der Waals surface area contributed by atoms with Crippen LogP contribution in [0.3, 0.4) is 0 Å². The van der Waals surface area contributed by atoms with Crippen LogP contribution in [0.1, 0.15) is 5.56 Å². The molecule has 17 heavy (non-hydrogen) atoms. The topological polar surface area (TPSA) is 40.6 Å². The van der Waals surface area contributed by atoms with Crippen LogP contribution < -0.4 is 0 Å². The molecule has 0 bridgehead atoms. The van der Waals surface area contributed by atoms with E-state index in [-0.39, 0.29) is 0 Å². The van der Waals surface area contributed by atoms with Crippen molar-refractivity contribution < 1.29 is 14.0 Å². The molecule has 0 fully saturated rings. The monoisotopic (exact) mass is 389 g/mol. The Hall–Kier alpha value is 0.480. The van der Waals surface area contributed by atoms with Gasteiger partial charge in [0.1, 0.15) is 5.15 Å². The van der Waals surface area contributed by atoms with E-state index < -0.39 is 0 Å². The standard InChI is InChI=1S/C10H14ClINO3P/c11-10-2-1-9(7-13-10)8-15-4-3-14-5-6-16-17-12/h1-2,7,17H,3-6,8H2. The highest BCUT2D eigenvalue weighted by Crippen LogP contribution is 2.20.